The molecule has 0 fully saturated rings. The third-order valence-corrected chi connectivity index (χ3v) is 5.83. The Kier molecular flexibility index (Phi) is 6.53. The largest absolute Gasteiger partial charge is 0.508 e. The minimum atomic E-state index is -0.721. The molecule has 0 aliphatic heterocycles. The number of nitrogens with one attached hydrogen (secondary N) is 1. The number of rotatable bonds is 6. The number of phenolic OH excluding ortho intramolecular Hbond substituents is 1. The predicted octanol–water partition coefficient (Wildman–Crippen LogP) is 3.55. The minimum absolute atomic E-state index is 0.0682. The van der Waals surface area contributed by atoms with Crippen molar-refractivity contribution in [2.45, 2.75) is 33.1 Å². The highest BCUT2D eigenvalue weighted by atomic mass is 32.1. The van der Waals surface area contributed by atoms with Crippen LogP contribution >= 0.6 is 11.3 Å². The number of thiophene rings is 1. The number of fused-ring (bicyclic) bond motifs is 1. The van der Waals surface area contributed by atoms with E-state index in [1.54, 1.807) is 6.92 Å². The van der Waals surface area contributed by atoms with Gasteiger partial charge < -0.3 is 19.9 Å². The second kappa shape index (κ2) is 9.09. The normalized spacial score (nSPS) is 15.3. The van der Waals surface area contributed by atoms with Crippen molar-refractivity contribution in [3.05, 3.63) is 45.8 Å². The van der Waals surface area contributed by atoms with E-state index in [4.69, 9.17) is 9.47 Å². The van der Waals surface area contributed by atoms with E-state index in [2.05, 4.69) is 12.2 Å². The van der Waals surface area contributed by atoms with Crippen LogP contribution in [0.1, 0.15) is 51.4 Å². The number of hydrogen-bond acceptors (Lipinski definition) is 7. The molecule has 0 bridgehead atoms. The molecule has 1 unspecified atom stereocenters. The Hall–Kier alpha value is -2.87. The summed E-state index contributed by atoms with van der Waals surface area (Å²) in [6.07, 6.45) is 2.60. The first-order valence-electron chi connectivity index (χ1n) is 9.46. The van der Waals surface area contributed by atoms with Crippen molar-refractivity contribution in [1.82, 2.24) is 0 Å². The summed E-state index contributed by atoms with van der Waals surface area (Å²) in [6.45, 7) is 3.63. The molecule has 1 aliphatic carbocycles. The smallest absolute Gasteiger partial charge is 0.341 e. The van der Waals surface area contributed by atoms with Gasteiger partial charge in [0.2, 0.25) is 0 Å². The molecule has 154 valence electrons. The first kappa shape index (κ1) is 20.9. The first-order valence-corrected chi connectivity index (χ1v) is 10.3. The van der Waals surface area contributed by atoms with Crippen LogP contribution in [0.5, 0.6) is 5.75 Å². The number of carbonyl (C=O) groups is 3. The van der Waals surface area contributed by atoms with Crippen molar-refractivity contribution in [3.63, 3.8) is 0 Å². The Morgan fingerprint density at radius 2 is 2.03 bits per heavy atom. The molecule has 1 aromatic carbocycles. The van der Waals surface area contributed by atoms with Gasteiger partial charge in [0.05, 0.1) is 17.7 Å². The topological polar surface area (TPSA) is 102 Å². The number of hydrogen-bond donors (Lipinski definition) is 2. The van der Waals surface area contributed by atoms with E-state index in [0.29, 0.717) is 16.5 Å². The Bertz CT molecular complexity index is 935. The van der Waals surface area contributed by atoms with Crippen molar-refractivity contribution in [1.29, 1.82) is 0 Å². The lowest BCUT2D eigenvalue weighted by Crippen LogP contribution is -2.22. The van der Waals surface area contributed by atoms with Crippen molar-refractivity contribution in [2.75, 3.05) is 18.5 Å². The number of esters is 2. The molecular weight excluding hydrogens is 394 g/mol. The molecule has 2 N–H and O–H groups in total. The first-order chi connectivity index (χ1) is 13.9. The van der Waals surface area contributed by atoms with Crippen LogP contribution in [0.2, 0.25) is 0 Å². The van der Waals surface area contributed by atoms with Crippen LogP contribution in [0.15, 0.2) is 24.3 Å². The van der Waals surface area contributed by atoms with Gasteiger partial charge in [-0.1, -0.05) is 13.0 Å². The number of anilines is 1. The second-order valence-corrected chi connectivity index (χ2v) is 8.06. The monoisotopic (exact) mass is 417 g/mol. The van der Waals surface area contributed by atoms with Crippen molar-refractivity contribution >= 4 is 34.2 Å². The van der Waals surface area contributed by atoms with Gasteiger partial charge in [0.15, 0.2) is 6.61 Å². The summed E-state index contributed by atoms with van der Waals surface area (Å²) in [7, 11) is 0. The van der Waals surface area contributed by atoms with Crippen LogP contribution in [0.3, 0.4) is 0 Å². The lowest BCUT2D eigenvalue weighted by molar-refractivity contribution is -0.119. The van der Waals surface area contributed by atoms with Gasteiger partial charge >= 0.3 is 11.9 Å². The zero-order chi connectivity index (χ0) is 21.0. The number of phenols is 1. The maximum atomic E-state index is 12.5. The average molecular weight is 417 g/mol. The summed E-state index contributed by atoms with van der Waals surface area (Å²) in [5.74, 6) is -1.27. The van der Waals surface area contributed by atoms with Gasteiger partial charge in [0.25, 0.3) is 5.91 Å². The van der Waals surface area contributed by atoms with Gasteiger partial charge in [-0.25, -0.2) is 9.59 Å². The molecule has 1 amide bonds. The van der Waals surface area contributed by atoms with Gasteiger partial charge in [-0.3, -0.25) is 4.79 Å². The van der Waals surface area contributed by atoms with Crippen LogP contribution in [0, 0.1) is 5.92 Å². The van der Waals surface area contributed by atoms with Gasteiger partial charge in [-0.15, -0.1) is 11.3 Å². The predicted molar refractivity (Wildman–Crippen MR) is 108 cm³/mol. The minimum Gasteiger partial charge on any atom is -0.508 e. The molecule has 7 nitrogen and oxygen atoms in total. The average Bonchev–Trinajstić information content (AvgIpc) is 3.03. The van der Waals surface area contributed by atoms with Crippen molar-refractivity contribution < 1.29 is 29.0 Å². The number of benzene rings is 1. The summed E-state index contributed by atoms with van der Waals surface area (Å²) < 4.78 is 10.2. The molecule has 3 rings (SSSR count). The number of ether oxygens (including phenoxy) is 2. The molecule has 0 saturated heterocycles. The maximum Gasteiger partial charge on any atom is 0.341 e. The lowest BCUT2D eigenvalue weighted by atomic mass is 9.88. The van der Waals surface area contributed by atoms with Gasteiger partial charge in [-0.2, -0.15) is 0 Å². The molecule has 1 aliphatic rings. The highest BCUT2D eigenvalue weighted by Gasteiger charge is 2.29. The summed E-state index contributed by atoms with van der Waals surface area (Å²) in [4.78, 5) is 37.9. The van der Waals surface area contributed by atoms with Gasteiger partial charge in [0, 0.05) is 4.88 Å². The Labute approximate surface area is 172 Å². The van der Waals surface area contributed by atoms with Gasteiger partial charge in [-0.05, 0) is 55.9 Å². The zero-order valence-corrected chi connectivity index (χ0v) is 17.1. The van der Waals surface area contributed by atoms with Crippen LogP contribution in [0.4, 0.5) is 5.00 Å². The molecule has 8 heteroatoms. The van der Waals surface area contributed by atoms with E-state index in [9.17, 15) is 19.5 Å². The van der Waals surface area contributed by atoms with E-state index in [1.807, 2.05) is 0 Å². The van der Waals surface area contributed by atoms with Crippen LogP contribution in [0.25, 0.3) is 0 Å². The third-order valence-electron chi connectivity index (χ3n) is 4.66. The van der Waals surface area contributed by atoms with Gasteiger partial charge in [0.1, 0.15) is 10.8 Å². The van der Waals surface area contributed by atoms with Crippen molar-refractivity contribution in [3.8, 4) is 5.75 Å². The molecular formula is C21H23NO6S. The zero-order valence-electron chi connectivity index (χ0n) is 16.3. The Balaban J connectivity index is 1.71. The summed E-state index contributed by atoms with van der Waals surface area (Å²) in [5.41, 5.74) is 1.50. The molecule has 0 radical (unpaired) electrons. The molecule has 1 aromatic heterocycles. The number of aromatic hydroxyl groups is 1. The molecule has 2 aromatic rings. The SMILES string of the molecule is CCOC(=O)c1c(NC(=O)COC(=O)c2cccc(O)c2)sc2c1CCC(C)C2. The fourth-order valence-corrected chi connectivity index (χ4v) is 4.68. The van der Waals surface area contributed by atoms with Crippen LogP contribution in [-0.4, -0.2) is 36.2 Å². The van der Waals surface area contributed by atoms with E-state index in [-0.39, 0.29) is 17.9 Å². The molecule has 29 heavy (non-hydrogen) atoms. The highest BCUT2D eigenvalue weighted by Crippen LogP contribution is 2.40. The number of amides is 1. The van der Waals surface area contributed by atoms with E-state index in [1.165, 1.54) is 35.6 Å². The van der Waals surface area contributed by atoms with Crippen molar-refractivity contribution in [2.24, 2.45) is 5.92 Å². The molecule has 0 saturated carbocycles. The lowest BCUT2D eigenvalue weighted by Gasteiger charge is -2.18. The highest BCUT2D eigenvalue weighted by molar-refractivity contribution is 7.17. The summed E-state index contributed by atoms with van der Waals surface area (Å²) in [5, 5.41) is 12.6. The fraction of sp³-hybridized carbons (Fsp3) is 0.381. The molecule has 0 spiro atoms. The second-order valence-electron chi connectivity index (χ2n) is 6.95. The third kappa shape index (κ3) is 4.95. The standard InChI is InChI=1S/C21H23NO6S/c1-3-27-21(26)18-15-8-7-12(2)9-16(15)29-19(18)22-17(24)11-28-20(25)13-5-4-6-14(23)10-13/h4-6,10,12,23H,3,7-9,11H2,1-2H3,(H,22,24). The molecule has 1 heterocycles. The summed E-state index contributed by atoms with van der Waals surface area (Å²) >= 11 is 1.37. The fourth-order valence-electron chi connectivity index (χ4n) is 3.27. The number of carbonyl (C=O) groups excluding carboxylic acids is 3. The van der Waals surface area contributed by atoms with Crippen LogP contribution in [-0.2, 0) is 27.1 Å². The van der Waals surface area contributed by atoms with E-state index < -0.39 is 24.5 Å². The van der Waals surface area contributed by atoms with E-state index in [0.717, 1.165) is 29.7 Å². The Morgan fingerprint density at radius 1 is 1.24 bits per heavy atom. The maximum absolute atomic E-state index is 12.5. The molecule has 1 atom stereocenters. The Morgan fingerprint density at radius 3 is 2.76 bits per heavy atom. The quantitative estimate of drug-likeness (QED) is 0.697. The summed E-state index contributed by atoms with van der Waals surface area (Å²) in [6, 6.07) is 5.68. The van der Waals surface area contributed by atoms with E-state index >= 15 is 0 Å². The van der Waals surface area contributed by atoms with Crippen LogP contribution < -0.4 is 5.32 Å².